The molecule has 0 amide bonds. The topological polar surface area (TPSA) is 89.8 Å². The molecule has 7 nitrogen and oxygen atoms in total. The van der Waals surface area contributed by atoms with Gasteiger partial charge in [-0.25, -0.2) is 8.42 Å². The van der Waals surface area contributed by atoms with E-state index in [0.29, 0.717) is 0 Å². The van der Waals surface area contributed by atoms with Crippen molar-refractivity contribution in [2.75, 3.05) is 18.5 Å². The van der Waals surface area contributed by atoms with E-state index < -0.39 is 14.9 Å². The Balaban J connectivity index is 2.55. The molecule has 0 saturated carbocycles. The molecule has 2 aromatic carbocycles. The van der Waals surface area contributed by atoms with Gasteiger partial charge < -0.3 is 4.74 Å². The molecule has 116 valence electrons. The van der Waals surface area contributed by atoms with Gasteiger partial charge in [0.15, 0.2) is 0 Å². The number of rotatable bonds is 5. The molecule has 0 radical (unpaired) electrons. The van der Waals surface area contributed by atoms with Crippen LogP contribution in [0.5, 0.6) is 5.75 Å². The second-order valence-corrected chi connectivity index (χ2v) is 6.37. The van der Waals surface area contributed by atoms with E-state index in [1.165, 1.54) is 44.5 Å². The lowest BCUT2D eigenvalue weighted by molar-refractivity contribution is -0.384. The molecule has 2 aromatic rings. The second kappa shape index (κ2) is 6.02. The predicted molar refractivity (Wildman–Crippen MR) is 81.7 cm³/mol. The summed E-state index contributed by atoms with van der Waals surface area (Å²) in [4.78, 5) is 10.4. The molecule has 0 heterocycles. The summed E-state index contributed by atoms with van der Waals surface area (Å²) >= 11 is 0. The van der Waals surface area contributed by atoms with Crippen molar-refractivity contribution in [3.8, 4) is 5.75 Å². The third-order valence-corrected chi connectivity index (χ3v) is 4.90. The lowest BCUT2D eigenvalue weighted by atomic mass is 10.2. The molecule has 0 N–H and O–H groups in total. The highest BCUT2D eigenvalue weighted by Crippen LogP contribution is 2.34. The maximum absolute atomic E-state index is 12.6. The Morgan fingerprint density at radius 3 is 2.32 bits per heavy atom. The van der Waals surface area contributed by atoms with Crippen LogP contribution in [0.1, 0.15) is 0 Å². The lowest BCUT2D eigenvalue weighted by Crippen LogP contribution is -2.27. The average Bonchev–Trinajstić information content (AvgIpc) is 2.54. The number of hydrogen-bond acceptors (Lipinski definition) is 5. The van der Waals surface area contributed by atoms with Gasteiger partial charge in [0.1, 0.15) is 11.4 Å². The third-order valence-electron chi connectivity index (χ3n) is 3.11. The predicted octanol–water partition coefficient (Wildman–Crippen LogP) is 2.43. The summed E-state index contributed by atoms with van der Waals surface area (Å²) in [5.41, 5.74) is -0.119. The fraction of sp³-hybridized carbons (Fsp3) is 0.143. The fourth-order valence-corrected chi connectivity index (χ4v) is 3.14. The summed E-state index contributed by atoms with van der Waals surface area (Å²) in [5, 5.41) is 10.9. The number of non-ortho nitro benzene ring substituents is 1. The van der Waals surface area contributed by atoms with E-state index in [1.807, 2.05) is 0 Å². The van der Waals surface area contributed by atoms with Gasteiger partial charge >= 0.3 is 0 Å². The molecule has 0 spiro atoms. The van der Waals surface area contributed by atoms with Crippen LogP contribution < -0.4 is 9.04 Å². The first kappa shape index (κ1) is 15.8. The number of hydrogen-bond donors (Lipinski definition) is 0. The SMILES string of the molecule is COc1ccc([N+](=O)[O-])cc1N(C)S(=O)(=O)c1ccccc1. The van der Waals surface area contributed by atoms with Crippen LogP contribution in [0.3, 0.4) is 0 Å². The van der Waals surface area contributed by atoms with Crippen LogP contribution in [0.4, 0.5) is 11.4 Å². The van der Waals surface area contributed by atoms with Crippen molar-refractivity contribution < 1.29 is 18.1 Å². The highest BCUT2D eigenvalue weighted by Gasteiger charge is 2.25. The zero-order valence-electron chi connectivity index (χ0n) is 12.0. The summed E-state index contributed by atoms with van der Waals surface area (Å²) in [5.74, 6) is 0.229. The summed E-state index contributed by atoms with van der Waals surface area (Å²) in [6.07, 6.45) is 0. The standard InChI is InChI=1S/C14H14N2O5S/c1-15(22(19,20)12-6-4-3-5-7-12)13-10-11(16(17)18)8-9-14(13)21-2/h3-10H,1-2H3. The van der Waals surface area contributed by atoms with E-state index in [-0.39, 0.29) is 22.0 Å². The Labute approximate surface area is 128 Å². The normalized spacial score (nSPS) is 11.0. The van der Waals surface area contributed by atoms with Gasteiger partial charge in [-0.05, 0) is 18.2 Å². The molecule has 0 atom stereocenters. The molecule has 8 heteroatoms. The summed E-state index contributed by atoms with van der Waals surface area (Å²) < 4.78 is 31.2. The number of methoxy groups -OCH3 is 1. The monoisotopic (exact) mass is 322 g/mol. The van der Waals surface area contributed by atoms with Crippen LogP contribution in [0.2, 0.25) is 0 Å². The van der Waals surface area contributed by atoms with Crippen molar-refractivity contribution in [3.05, 3.63) is 58.6 Å². The van der Waals surface area contributed by atoms with Crippen molar-refractivity contribution in [3.63, 3.8) is 0 Å². The minimum atomic E-state index is -3.84. The van der Waals surface area contributed by atoms with Crippen LogP contribution in [0.25, 0.3) is 0 Å². The maximum Gasteiger partial charge on any atom is 0.271 e. The molecule has 0 aliphatic carbocycles. The molecule has 0 aliphatic heterocycles. The van der Waals surface area contributed by atoms with E-state index in [9.17, 15) is 18.5 Å². The van der Waals surface area contributed by atoms with Gasteiger partial charge in [-0.3, -0.25) is 14.4 Å². The first-order valence-electron chi connectivity index (χ1n) is 6.24. The van der Waals surface area contributed by atoms with Gasteiger partial charge in [0, 0.05) is 19.2 Å². The van der Waals surface area contributed by atoms with E-state index >= 15 is 0 Å². The van der Waals surface area contributed by atoms with Crippen LogP contribution in [-0.2, 0) is 10.0 Å². The Kier molecular flexibility index (Phi) is 4.32. The fourth-order valence-electron chi connectivity index (χ4n) is 1.92. The van der Waals surface area contributed by atoms with Crippen molar-refractivity contribution in [1.29, 1.82) is 0 Å². The van der Waals surface area contributed by atoms with Gasteiger partial charge in [0.05, 0.1) is 16.9 Å². The summed E-state index contributed by atoms with van der Waals surface area (Å²) in [7, 11) is -1.14. The van der Waals surface area contributed by atoms with E-state index in [1.54, 1.807) is 18.2 Å². The number of ether oxygens (including phenoxy) is 1. The Morgan fingerprint density at radius 2 is 1.77 bits per heavy atom. The summed E-state index contributed by atoms with van der Waals surface area (Å²) in [6.45, 7) is 0. The molecule has 0 fully saturated rings. The first-order chi connectivity index (χ1) is 10.4. The Bertz CT molecular complexity index is 790. The Hall–Kier alpha value is -2.61. The van der Waals surface area contributed by atoms with Crippen LogP contribution in [0, 0.1) is 10.1 Å². The second-order valence-electron chi connectivity index (χ2n) is 4.40. The van der Waals surface area contributed by atoms with Crippen molar-refractivity contribution in [2.24, 2.45) is 0 Å². The number of benzene rings is 2. The first-order valence-corrected chi connectivity index (χ1v) is 7.68. The smallest absolute Gasteiger partial charge is 0.271 e. The zero-order valence-corrected chi connectivity index (χ0v) is 12.8. The highest BCUT2D eigenvalue weighted by atomic mass is 32.2. The minimum Gasteiger partial charge on any atom is -0.495 e. The largest absolute Gasteiger partial charge is 0.495 e. The highest BCUT2D eigenvalue weighted by molar-refractivity contribution is 7.92. The number of anilines is 1. The lowest BCUT2D eigenvalue weighted by Gasteiger charge is -2.21. The zero-order chi connectivity index (χ0) is 16.3. The van der Waals surface area contributed by atoms with Gasteiger partial charge in [0.2, 0.25) is 0 Å². The average molecular weight is 322 g/mol. The third kappa shape index (κ3) is 2.86. The number of nitrogens with zero attached hydrogens (tertiary/aromatic N) is 2. The molecule has 0 unspecified atom stereocenters. The molecular formula is C14H14N2O5S. The van der Waals surface area contributed by atoms with E-state index in [4.69, 9.17) is 4.74 Å². The van der Waals surface area contributed by atoms with Gasteiger partial charge in [-0.2, -0.15) is 0 Å². The minimum absolute atomic E-state index is 0.0889. The van der Waals surface area contributed by atoms with Crippen LogP contribution >= 0.6 is 0 Å². The quantitative estimate of drug-likeness (QED) is 0.623. The maximum atomic E-state index is 12.6. The van der Waals surface area contributed by atoms with Gasteiger partial charge in [-0.15, -0.1) is 0 Å². The molecule has 0 aromatic heterocycles. The van der Waals surface area contributed by atoms with Crippen molar-refractivity contribution in [2.45, 2.75) is 4.90 Å². The number of nitro groups is 1. The number of sulfonamides is 1. The summed E-state index contributed by atoms with van der Waals surface area (Å²) in [6, 6.07) is 11.6. The van der Waals surface area contributed by atoms with Gasteiger partial charge in [0.25, 0.3) is 15.7 Å². The molecule has 2 rings (SSSR count). The molecule has 0 bridgehead atoms. The van der Waals surface area contributed by atoms with Crippen molar-refractivity contribution in [1.82, 2.24) is 0 Å². The molecule has 22 heavy (non-hydrogen) atoms. The van der Waals surface area contributed by atoms with Crippen LogP contribution in [-0.4, -0.2) is 27.5 Å². The van der Waals surface area contributed by atoms with Gasteiger partial charge in [-0.1, -0.05) is 18.2 Å². The molecular weight excluding hydrogens is 308 g/mol. The molecule has 0 aliphatic rings. The Morgan fingerprint density at radius 1 is 1.14 bits per heavy atom. The van der Waals surface area contributed by atoms with Crippen molar-refractivity contribution >= 4 is 21.4 Å². The number of nitro benzene ring substituents is 1. The van der Waals surface area contributed by atoms with E-state index in [0.717, 1.165) is 4.31 Å². The van der Waals surface area contributed by atoms with Crippen LogP contribution in [0.15, 0.2) is 53.4 Å². The molecule has 0 saturated heterocycles. The van der Waals surface area contributed by atoms with E-state index in [2.05, 4.69) is 0 Å².